The summed E-state index contributed by atoms with van der Waals surface area (Å²) >= 11 is 0. The van der Waals surface area contributed by atoms with E-state index in [4.69, 9.17) is 0 Å². The Morgan fingerprint density at radius 1 is 0.474 bits per heavy atom. The van der Waals surface area contributed by atoms with Crippen LogP contribution in [0.5, 0.6) is 0 Å². The summed E-state index contributed by atoms with van der Waals surface area (Å²) in [5, 5.41) is 0. The highest BCUT2D eigenvalue weighted by Crippen LogP contribution is 2.09. The van der Waals surface area contributed by atoms with Crippen LogP contribution in [0.3, 0.4) is 0 Å². The molecule has 0 aromatic heterocycles. The summed E-state index contributed by atoms with van der Waals surface area (Å²) in [6.07, 6.45) is 1.30. The first kappa shape index (κ1) is 16.9. The second-order valence-electron chi connectivity index (χ2n) is 6.74. The van der Waals surface area contributed by atoms with E-state index in [2.05, 4.69) is 56.2 Å². The molecule has 1 saturated heterocycles. The molecule has 0 N–H and O–H groups in total. The van der Waals surface area contributed by atoms with E-state index in [9.17, 15) is 0 Å². The normalized spacial score (nSPS) is 22.6. The van der Waals surface area contributed by atoms with Crippen LogP contribution >= 0.6 is 0 Å². The van der Waals surface area contributed by atoms with Gasteiger partial charge in [-0.05, 0) is 61.1 Å². The Kier molecular flexibility index (Phi) is 7.33. The molecule has 0 bridgehead atoms. The number of rotatable bonds is 3. The summed E-state index contributed by atoms with van der Waals surface area (Å²) in [7, 11) is 0. The molecular weight excluding hydrogens is 234 g/mol. The fourth-order valence-electron chi connectivity index (χ4n) is 2.88. The van der Waals surface area contributed by atoms with Crippen molar-refractivity contribution in [1.82, 2.24) is 14.7 Å². The molecule has 3 heteroatoms. The molecule has 1 aliphatic rings. The Balaban J connectivity index is 2.66. The van der Waals surface area contributed by atoms with Crippen molar-refractivity contribution in [2.45, 2.75) is 66.1 Å². The fourth-order valence-corrected chi connectivity index (χ4v) is 2.88. The molecular formula is C16H35N3. The van der Waals surface area contributed by atoms with Gasteiger partial charge in [0.2, 0.25) is 0 Å². The summed E-state index contributed by atoms with van der Waals surface area (Å²) in [6, 6.07) is 1.99. The largest absolute Gasteiger partial charge is 0.300 e. The Morgan fingerprint density at radius 2 is 0.737 bits per heavy atom. The highest BCUT2D eigenvalue weighted by atomic mass is 15.3. The lowest BCUT2D eigenvalue weighted by molar-refractivity contribution is 0.105. The van der Waals surface area contributed by atoms with E-state index in [0.29, 0.717) is 18.1 Å². The average molecular weight is 269 g/mol. The third-order valence-corrected chi connectivity index (χ3v) is 4.43. The Morgan fingerprint density at radius 3 is 1.00 bits per heavy atom. The van der Waals surface area contributed by atoms with Crippen molar-refractivity contribution in [3.8, 4) is 0 Å². The van der Waals surface area contributed by atoms with Gasteiger partial charge in [0.25, 0.3) is 0 Å². The third kappa shape index (κ3) is 5.80. The number of nitrogens with zero attached hydrogens (tertiary/aromatic N) is 3. The molecule has 114 valence electrons. The lowest BCUT2D eigenvalue weighted by atomic mass is 10.2. The van der Waals surface area contributed by atoms with Crippen LogP contribution in [0.1, 0.15) is 48.0 Å². The van der Waals surface area contributed by atoms with Gasteiger partial charge < -0.3 is 0 Å². The molecule has 1 heterocycles. The van der Waals surface area contributed by atoms with Crippen molar-refractivity contribution in [3.05, 3.63) is 0 Å². The Labute approximate surface area is 120 Å². The number of hydrogen-bond donors (Lipinski definition) is 0. The quantitative estimate of drug-likeness (QED) is 0.779. The average Bonchev–Trinajstić information content (AvgIpc) is 2.33. The zero-order chi connectivity index (χ0) is 14.4. The Hall–Kier alpha value is -0.120. The molecule has 0 saturated carbocycles. The molecule has 1 aliphatic heterocycles. The molecule has 1 fully saturated rings. The molecule has 0 aromatic carbocycles. The Bertz CT molecular complexity index is 218. The predicted molar refractivity (Wildman–Crippen MR) is 84.7 cm³/mol. The highest BCUT2D eigenvalue weighted by molar-refractivity contribution is 4.74. The van der Waals surface area contributed by atoms with Crippen LogP contribution < -0.4 is 0 Å². The molecule has 0 aliphatic carbocycles. The molecule has 3 nitrogen and oxygen atoms in total. The van der Waals surface area contributed by atoms with Gasteiger partial charge in [0.15, 0.2) is 0 Å². The van der Waals surface area contributed by atoms with Gasteiger partial charge in [-0.15, -0.1) is 0 Å². The molecule has 0 atom stereocenters. The standard InChI is InChI=1S/C16H35N3/c1-14(2)17-8-7-9-18(15(3)4)11-13-19(12-10-17)16(5)6/h14-16H,7-13H2,1-6H3. The van der Waals surface area contributed by atoms with Crippen molar-refractivity contribution in [2.75, 3.05) is 39.3 Å². The first-order chi connectivity index (χ1) is 8.91. The first-order valence-corrected chi connectivity index (χ1v) is 8.14. The third-order valence-electron chi connectivity index (χ3n) is 4.43. The van der Waals surface area contributed by atoms with Crippen LogP contribution in [0.15, 0.2) is 0 Å². The van der Waals surface area contributed by atoms with Crippen molar-refractivity contribution < 1.29 is 0 Å². The van der Waals surface area contributed by atoms with E-state index in [1.165, 1.54) is 45.7 Å². The molecule has 0 amide bonds. The molecule has 1 rings (SSSR count). The SMILES string of the molecule is CC(C)N1CCCN(C(C)C)CCN(C(C)C)CC1. The van der Waals surface area contributed by atoms with E-state index in [0.717, 1.165) is 0 Å². The molecule has 0 radical (unpaired) electrons. The van der Waals surface area contributed by atoms with Crippen LogP contribution in [0.2, 0.25) is 0 Å². The minimum atomic E-state index is 0.655. The van der Waals surface area contributed by atoms with Crippen molar-refractivity contribution in [1.29, 1.82) is 0 Å². The lowest BCUT2D eigenvalue weighted by Crippen LogP contribution is -2.47. The minimum Gasteiger partial charge on any atom is -0.300 e. The summed E-state index contributed by atoms with van der Waals surface area (Å²) in [4.78, 5) is 7.91. The van der Waals surface area contributed by atoms with E-state index < -0.39 is 0 Å². The van der Waals surface area contributed by atoms with Crippen LogP contribution in [-0.2, 0) is 0 Å². The van der Waals surface area contributed by atoms with Crippen molar-refractivity contribution in [3.63, 3.8) is 0 Å². The molecule has 0 unspecified atom stereocenters. The summed E-state index contributed by atoms with van der Waals surface area (Å²) in [5.74, 6) is 0. The maximum absolute atomic E-state index is 2.64. The lowest BCUT2D eigenvalue weighted by Gasteiger charge is -2.37. The topological polar surface area (TPSA) is 9.72 Å². The van der Waals surface area contributed by atoms with Gasteiger partial charge in [0.1, 0.15) is 0 Å². The van der Waals surface area contributed by atoms with E-state index >= 15 is 0 Å². The zero-order valence-electron chi connectivity index (χ0n) is 14.0. The van der Waals surface area contributed by atoms with Gasteiger partial charge in [-0.3, -0.25) is 14.7 Å². The van der Waals surface area contributed by atoms with Crippen LogP contribution in [0.25, 0.3) is 0 Å². The zero-order valence-corrected chi connectivity index (χ0v) is 14.0. The predicted octanol–water partition coefficient (Wildman–Crippen LogP) is 2.52. The highest BCUT2D eigenvalue weighted by Gasteiger charge is 2.18. The molecule has 0 aromatic rings. The maximum atomic E-state index is 2.64. The molecule has 0 spiro atoms. The van der Waals surface area contributed by atoms with Crippen molar-refractivity contribution in [2.24, 2.45) is 0 Å². The fraction of sp³-hybridized carbons (Fsp3) is 1.00. The van der Waals surface area contributed by atoms with Crippen molar-refractivity contribution >= 4 is 0 Å². The number of hydrogen-bond acceptors (Lipinski definition) is 3. The molecule has 19 heavy (non-hydrogen) atoms. The maximum Gasteiger partial charge on any atom is 0.0113 e. The minimum absolute atomic E-state index is 0.655. The monoisotopic (exact) mass is 269 g/mol. The van der Waals surface area contributed by atoms with Gasteiger partial charge >= 0.3 is 0 Å². The van der Waals surface area contributed by atoms with Crippen LogP contribution in [-0.4, -0.2) is 72.1 Å². The van der Waals surface area contributed by atoms with Gasteiger partial charge in [-0.1, -0.05) is 0 Å². The van der Waals surface area contributed by atoms with Crippen LogP contribution in [0, 0.1) is 0 Å². The summed E-state index contributed by atoms with van der Waals surface area (Å²) < 4.78 is 0. The van der Waals surface area contributed by atoms with Gasteiger partial charge in [-0.25, -0.2) is 0 Å². The van der Waals surface area contributed by atoms with Gasteiger partial charge in [0, 0.05) is 44.3 Å². The van der Waals surface area contributed by atoms with E-state index in [1.54, 1.807) is 0 Å². The van der Waals surface area contributed by atoms with Crippen LogP contribution in [0.4, 0.5) is 0 Å². The smallest absolute Gasteiger partial charge is 0.0113 e. The van der Waals surface area contributed by atoms with Gasteiger partial charge in [0.05, 0.1) is 0 Å². The van der Waals surface area contributed by atoms with Gasteiger partial charge in [-0.2, -0.15) is 0 Å². The second-order valence-corrected chi connectivity index (χ2v) is 6.74. The van der Waals surface area contributed by atoms with E-state index in [-0.39, 0.29) is 0 Å². The van der Waals surface area contributed by atoms with E-state index in [1.807, 2.05) is 0 Å². The summed E-state index contributed by atoms with van der Waals surface area (Å²) in [5.41, 5.74) is 0. The summed E-state index contributed by atoms with van der Waals surface area (Å²) in [6.45, 7) is 21.3. The first-order valence-electron chi connectivity index (χ1n) is 8.14. The second kappa shape index (κ2) is 8.23.